The van der Waals surface area contributed by atoms with Crippen molar-refractivity contribution in [2.75, 3.05) is 14.2 Å². The van der Waals surface area contributed by atoms with E-state index in [4.69, 9.17) is 9.47 Å². The molecular formula is C17H13F3N2O3. The molecular weight excluding hydrogens is 337 g/mol. The molecule has 0 saturated carbocycles. The van der Waals surface area contributed by atoms with Crippen LogP contribution in [0.5, 0.6) is 17.4 Å². The van der Waals surface area contributed by atoms with E-state index in [2.05, 4.69) is 14.7 Å². The number of ether oxygens (including phenoxy) is 3. The Morgan fingerprint density at radius 2 is 1.52 bits per heavy atom. The van der Waals surface area contributed by atoms with Crippen LogP contribution in [0.1, 0.15) is 0 Å². The molecule has 0 unspecified atom stereocenters. The number of fused-ring (bicyclic) bond motifs is 1. The number of alkyl halides is 3. The fourth-order valence-corrected chi connectivity index (χ4v) is 2.42. The van der Waals surface area contributed by atoms with E-state index in [0.717, 1.165) is 11.9 Å². The van der Waals surface area contributed by atoms with Crippen molar-refractivity contribution in [3.8, 4) is 28.5 Å². The lowest BCUT2D eigenvalue weighted by molar-refractivity contribution is -0.275. The van der Waals surface area contributed by atoms with Gasteiger partial charge in [0, 0.05) is 0 Å². The van der Waals surface area contributed by atoms with Gasteiger partial charge in [0.1, 0.15) is 6.33 Å². The van der Waals surface area contributed by atoms with Gasteiger partial charge in [0.05, 0.1) is 25.1 Å². The summed E-state index contributed by atoms with van der Waals surface area (Å²) in [7, 11) is 3.02. The summed E-state index contributed by atoms with van der Waals surface area (Å²) in [6.45, 7) is 0. The minimum Gasteiger partial charge on any atom is -0.493 e. The highest BCUT2D eigenvalue weighted by Crippen LogP contribution is 2.35. The van der Waals surface area contributed by atoms with E-state index in [9.17, 15) is 13.2 Å². The number of benzene rings is 2. The summed E-state index contributed by atoms with van der Waals surface area (Å²) in [4.78, 5) is 7.55. The third-order valence-electron chi connectivity index (χ3n) is 3.53. The number of aromatic nitrogens is 2. The molecule has 130 valence electrons. The fraction of sp³-hybridized carbons (Fsp3) is 0.176. The zero-order valence-electron chi connectivity index (χ0n) is 13.3. The van der Waals surface area contributed by atoms with Gasteiger partial charge in [-0.05, 0) is 35.4 Å². The van der Waals surface area contributed by atoms with Gasteiger partial charge in [0.25, 0.3) is 0 Å². The van der Waals surface area contributed by atoms with Gasteiger partial charge < -0.3 is 14.2 Å². The Balaban J connectivity index is 2.10. The smallest absolute Gasteiger partial charge is 0.493 e. The van der Waals surface area contributed by atoms with Crippen molar-refractivity contribution in [1.29, 1.82) is 0 Å². The second-order valence-corrected chi connectivity index (χ2v) is 5.03. The summed E-state index contributed by atoms with van der Waals surface area (Å²) in [5.41, 5.74) is 1.75. The van der Waals surface area contributed by atoms with Crippen LogP contribution in [0.25, 0.3) is 22.0 Å². The first-order chi connectivity index (χ1) is 11.9. The molecule has 25 heavy (non-hydrogen) atoms. The number of hydrogen-bond donors (Lipinski definition) is 0. The van der Waals surface area contributed by atoms with E-state index in [0.29, 0.717) is 22.6 Å². The monoisotopic (exact) mass is 350 g/mol. The Bertz CT molecular complexity index is 913. The van der Waals surface area contributed by atoms with Crippen molar-refractivity contribution in [2.45, 2.75) is 6.36 Å². The van der Waals surface area contributed by atoms with Gasteiger partial charge >= 0.3 is 6.36 Å². The molecule has 0 bridgehead atoms. The zero-order valence-corrected chi connectivity index (χ0v) is 13.3. The van der Waals surface area contributed by atoms with Gasteiger partial charge in [-0.3, -0.25) is 0 Å². The molecule has 0 radical (unpaired) electrons. The van der Waals surface area contributed by atoms with Gasteiger partial charge in [0.2, 0.25) is 5.88 Å². The second-order valence-electron chi connectivity index (χ2n) is 5.03. The number of nitrogens with zero attached hydrogens (tertiary/aromatic N) is 2. The molecule has 0 amide bonds. The summed E-state index contributed by atoms with van der Waals surface area (Å²) in [6, 6.07) is 10.1. The van der Waals surface area contributed by atoms with Crippen molar-refractivity contribution in [2.24, 2.45) is 0 Å². The predicted octanol–water partition coefficient (Wildman–Crippen LogP) is 4.21. The molecule has 0 saturated heterocycles. The van der Waals surface area contributed by atoms with Crippen LogP contribution in [-0.4, -0.2) is 30.5 Å². The Morgan fingerprint density at radius 3 is 2.20 bits per heavy atom. The van der Waals surface area contributed by atoms with E-state index < -0.39 is 12.2 Å². The summed E-state index contributed by atoms with van der Waals surface area (Å²) >= 11 is 0. The lowest BCUT2D eigenvalue weighted by Crippen LogP contribution is -2.18. The normalized spacial score (nSPS) is 11.4. The summed E-state index contributed by atoms with van der Waals surface area (Å²) in [5, 5.41) is 0.159. The maximum atomic E-state index is 12.6. The first kappa shape index (κ1) is 16.8. The largest absolute Gasteiger partial charge is 0.574 e. The molecule has 0 atom stereocenters. The minimum absolute atomic E-state index is 0.159. The number of halogens is 3. The highest BCUT2D eigenvalue weighted by atomic mass is 19.4. The van der Waals surface area contributed by atoms with Crippen molar-refractivity contribution < 1.29 is 27.4 Å². The molecule has 3 aromatic rings. The Morgan fingerprint density at radius 1 is 0.840 bits per heavy atom. The minimum atomic E-state index is -4.83. The van der Waals surface area contributed by atoms with E-state index in [-0.39, 0.29) is 5.39 Å². The first-order valence-electron chi connectivity index (χ1n) is 7.14. The van der Waals surface area contributed by atoms with Crippen molar-refractivity contribution in [1.82, 2.24) is 9.97 Å². The van der Waals surface area contributed by atoms with Gasteiger partial charge in [-0.15, -0.1) is 13.2 Å². The van der Waals surface area contributed by atoms with Crippen LogP contribution in [0.4, 0.5) is 13.2 Å². The maximum Gasteiger partial charge on any atom is 0.574 e. The van der Waals surface area contributed by atoms with Crippen molar-refractivity contribution in [3.63, 3.8) is 0 Å². The molecule has 3 rings (SSSR count). The van der Waals surface area contributed by atoms with Crippen LogP contribution in [0, 0.1) is 0 Å². The van der Waals surface area contributed by atoms with E-state index >= 15 is 0 Å². The fourth-order valence-electron chi connectivity index (χ4n) is 2.42. The molecule has 0 aliphatic rings. The quantitative estimate of drug-likeness (QED) is 0.705. The van der Waals surface area contributed by atoms with Gasteiger partial charge in [-0.2, -0.15) is 0 Å². The molecule has 0 fully saturated rings. The third-order valence-corrected chi connectivity index (χ3v) is 3.53. The average Bonchev–Trinajstić information content (AvgIpc) is 2.60. The third kappa shape index (κ3) is 3.57. The van der Waals surface area contributed by atoms with E-state index in [1.165, 1.54) is 20.3 Å². The lowest BCUT2D eigenvalue weighted by atomic mass is 10.0. The standard InChI is InChI=1S/C17H13F3N2O3/c1-23-14-6-4-11(8-15(14)24-2)10-3-5-13-12(7-10)16(22-9-21-13)25-17(18,19)20/h3-9H,1-2H3. The summed E-state index contributed by atoms with van der Waals surface area (Å²) in [5.74, 6) is 0.521. The SMILES string of the molecule is COc1ccc(-c2ccc3ncnc(OC(F)(F)F)c3c2)cc1OC. The van der Waals surface area contributed by atoms with Gasteiger partial charge in [0.15, 0.2) is 11.5 Å². The molecule has 1 aromatic heterocycles. The van der Waals surface area contributed by atoms with E-state index in [1.807, 2.05) is 0 Å². The number of methoxy groups -OCH3 is 2. The Labute approximate surface area is 141 Å². The molecule has 0 aliphatic heterocycles. The van der Waals surface area contributed by atoms with Crippen molar-refractivity contribution in [3.05, 3.63) is 42.7 Å². The highest BCUT2D eigenvalue weighted by Gasteiger charge is 2.32. The Kier molecular flexibility index (Phi) is 4.35. The average molecular weight is 350 g/mol. The van der Waals surface area contributed by atoms with Crippen LogP contribution >= 0.6 is 0 Å². The molecule has 8 heteroatoms. The molecule has 0 N–H and O–H groups in total. The Hall–Kier alpha value is -3.03. The zero-order chi connectivity index (χ0) is 18.0. The van der Waals surface area contributed by atoms with E-state index in [1.54, 1.807) is 30.3 Å². The molecule has 1 heterocycles. The van der Waals surface area contributed by atoms with Gasteiger partial charge in [-0.25, -0.2) is 9.97 Å². The number of hydrogen-bond acceptors (Lipinski definition) is 5. The molecule has 2 aromatic carbocycles. The summed E-state index contributed by atoms with van der Waals surface area (Å²) < 4.78 is 52.1. The highest BCUT2D eigenvalue weighted by molar-refractivity contribution is 5.88. The van der Waals surface area contributed by atoms with Crippen LogP contribution in [-0.2, 0) is 0 Å². The van der Waals surface area contributed by atoms with Crippen LogP contribution in [0.3, 0.4) is 0 Å². The summed E-state index contributed by atoms with van der Waals surface area (Å²) in [6.07, 6.45) is -3.81. The van der Waals surface area contributed by atoms with Gasteiger partial charge in [-0.1, -0.05) is 12.1 Å². The lowest BCUT2D eigenvalue weighted by Gasteiger charge is -2.12. The van der Waals surface area contributed by atoms with Crippen LogP contribution < -0.4 is 14.2 Å². The van der Waals surface area contributed by atoms with Crippen LogP contribution in [0.15, 0.2) is 42.7 Å². The molecule has 0 spiro atoms. The predicted molar refractivity (Wildman–Crippen MR) is 84.8 cm³/mol. The molecule has 0 aliphatic carbocycles. The van der Waals surface area contributed by atoms with Crippen LogP contribution in [0.2, 0.25) is 0 Å². The first-order valence-corrected chi connectivity index (χ1v) is 7.14. The topological polar surface area (TPSA) is 53.5 Å². The second kappa shape index (κ2) is 6.46. The maximum absolute atomic E-state index is 12.6. The molecule has 5 nitrogen and oxygen atoms in total. The van der Waals surface area contributed by atoms with Crippen molar-refractivity contribution >= 4 is 10.9 Å². The number of rotatable bonds is 4.